The third kappa shape index (κ3) is 5.39. The van der Waals surface area contributed by atoms with Crippen molar-refractivity contribution >= 4 is 35.3 Å². The van der Waals surface area contributed by atoms with Crippen molar-refractivity contribution in [1.82, 2.24) is 5.32 Å². The second-order valence-corrected chi connectivity index (χ2v) is 10.6. The fourth-order valence-corrected chi connectivity index (χ4v) is 5.90. The molecule has 1 aliphatic carbocycles. The SMILES string of the molecule is CC1CCCCC1NC(=O)c1ccc2c(c1)N(Cc1ccc(F)cc1)C(=O)/C(=C/c1ccccc1)S2. The highest BCUT2D eigenvalue weighted by Crippen LogP contribution is 2.43. The normalized spacial score (nSPS) is 20.8. The van der Waals surface area contributed by atoms with E-state index in [1.54, 1.807) is 17.0 Å². The summed E-state index contributed by atoms with van der Waals surface area (Å²) in [5.74, 6) is -0.112. The molecule has 0 bridgehead atoms. The molecule has 1 aliphatic heterocycles. The average Bonchev–Trinajstić information content (AvgIpc) is 2.89. The van der Waals surface area contributed by atoms with Crippen LogP contribution in [0.2, 0.25) is 0 Å². The molecule has 0 saturated heterocycles. The molecule has 5 rings (SSSR count). The number of hydrogen-bond donors (Lipinski definition) is 1. The van der Waals surface area contributed by atoms with Gasteiger partial charge in [-0.05, 0) is 66.3 Å². The van der Waals surface area contributed by atoms with Crippen LogP contribution in [0.25, 0.3) is 6.08 Å². The second-order valence-electron chi connectivity index (χ2n) is 9.56. The van der Waals surface area contributed by atoms with Crippen LogP contribution in [-0.4, -0.2) is 17.9 Å². The molecule has 1 N–H and O–H groups in total. The van der Waals surface area contributed by atoms with E-state index in [0.717, 1.165) is 35.3 Å². The smallest absolute Gasteiger partial charge is 0.265 e. The van der Waals surface area contributed by atoms with E-state index in [0.29, 0.717) is 22.1 Å². The summed E-state index contributed by atoms with van der Waals surface area (Å²) in [4.78, 5) is 30.0. The van der Waals surface area contributed by atoms with Gasteiger partial charge in [-0.1, -0.05) is 74.0 Å². The highest BCUT2D eigenvalue weighted by Gasteiger charge is 2.31. The molecule has 2 unspecified atom stereocenters. The van der Waals surface area contributed by atoms with Gasteiger partial charge < -0.3 is 10.2 Å². The first-order valence-corrected chi connectivity index (χ1v) is 13.3. The van der Waals surface area contributed by atoms with Crippen LogP contribution in [0.15, 0.2) is 82.6 Å². The summed E-state index contributed by atoms with van der Waals surface area (Å²) >= 11 is 1.41. The van der Waals surface area contributed by atoms with Crippen molar-refractivity contribution in [3.63, 3.8) is 0 Å². The minimum atomic E-state index is -0.319. The Hall–Kier alpha value is -3.38. The van der Waals surface area contributed by atoms with Crippen molar-refractivity contribution in [2.45, 2.75) is 50.1 Å². The number of carbonyl (C=O) groups is 2. The predicted molar refractivity (Wildman–Crippen MR) is 143 cm³/mol. The van der Waals surface area contributed by atoms with Crippen molar-refractivity contribution in [2.24, 2.45) is 5.92 Å². The monoisotopic (exact) mass is 500 g/mol. The van der Waals surface area contributed by atoms with Gasteiger partial charge in [0.1, 0.15) is 5.82 Å². The molecule has 1 heterocycles. The number of nitrogens with one attached hydrogen (secondary N) is 1. The zero-order chi connectivity index (χ0) is 25.1. The van der Waals surface area contributed by atoms with E-state index >= 15 is 0 Å². The van der Waals surface area contributed by atoms with Crippen LogP contribution in [0.1, 0.15) is 54.1 Å². The number of hydrogen-bond acceptors (Lipinski definition) is 3. The van der Waals surface area contributed by atoms with Crippen LogP contribution in [0.5, 0.6) is 0 Å². The number of thioether (sulfide) groups is 1. The van der Waals surface area contributed by atoms with E-state index in [9.17, 15) is 14.0 Å². The first-order chi connectivity index (χ1) is 17.5. The van der Waals surface area contributed by atoms with E-state index in [-0.39, 0.29) is 30.2 Å². The standard InChI is InChI=1S/C30H29FN2O2S/c1-20-7-5-6-10-25(20)32-29(34)23-13-16-27-26(18-23)33(19-22-11-14-24(31)15-12-22)30(35)28(36-27)17-21-8-3-2-4-9-21/h2-4,8-9,11-18,20,25H,5-7,10,19H2,1H3,(H,32,34)/b28-17-. The van der Waals surface area contributed by atoms with Gasteiger partial charge in [-0.2, -0.15) is 0 Å². The third-order valence-electron chi connectivity index (χ3n) is 6.97. The number of carbonyl (C=O) groups excluding carboxylic acids is 2. The Morgan fingerprint density at radius 2 is 1.81 bits per heavy atom. The molecule has 3 aromatic rings. The molecule has 2 atom stereocenters. The van der Waals surface area contributed by atoms with Crippen molar-refractivity contribution in [2.75, 3.05) is 4.90 Å². The summed E-state index contributed by atoms with van der Waals surface area (Å²) in [5.41, 5.74) is 2.99. The van der Waals surface area contributed by atoms with E-state index in [1.165, 1.54) is 30.3 Å². The Balaban J connectivity index is 1.48. The summed E-state index contributed by atoms with van der Waals surface area (Å²) in [6, 6.07) is 21.6. The summed E-state index contributed by atoms with van der Waals surface area (Å²) < 4.78 is 13.5. The Bertz CT molecular complexity index is 1290. The lowest BCUT2D eigenvalue weighted by Gasteiger charge is -2.32. The van der Waals surface area contributed by atoms with Crippen molar-refractivity contribution in [1.29, 1.82) is 0 Å². The van der Waals surface area contributed by atoms with Crippen molar-refractivity contribution < 1.29 is 14.0 Å². The maximum Gasteiger partial charge on any atom is 0.265 e. The predicted octanol–water partition coefficient (Wildman–Crippen LogP) is 6.81. The van der Waals surface area contributed by atoms with Gasteiger partial charge in [0.15, 0.2) is 0 Å². The number of benzene rings is 3. The summed E-state index contributed by atoms with van der Waals surface area (Å²) in [6.45, 7) is 2.47. The minimum absolute atomic E-state index is 0.110. The molecular weight excluding hydrogens is 471 g/mol. The Labute approximate surface area is 215 Å². The van der Waals surface area contributed by atoms with Gasteiger partial charge in [0.05, 0.1) is 17.1 Å². The van der Waals surface area contributed by atoms with Gasteiger partial charge in [0.25, 0.3) is 11.8 Å². The Morgan fingerprint density at radius 3 is 2.56 bits per heavy atom. The number of halogens is 1. The molecule has 0 aromatic heterocycles. The molecule has 2 amide bonds. The van der Waals surface area contributed by atoms with Gasteiger partial charge in [0.2, 0.25) is 0 Å². The topological polar surface area (TPSA) is 49.4 Å². The van der Waals surface area contributed by atoms with Crippen molar-refractivity contribution in [3.8, 4) is 0 Å². The van der Waals surface area contributed by atoms with Gasteiger partial charge in [0, 0.05) is 16.5 Å². The third-order valence-corrected chi connectivity index (χ3v) is 8.04. The minimum Gasteiger partial charge on any atom is -0.349 e. The van der Waals surface area contributed by atoms with Crippen LogP contribution < -0.4 is 10.2 Å². The summed E-state index contributed by atoms with van der Waals surface area (Å²) in [7, 11) is 0. The van der Waals surface area contributed by atoms with E-state index in [1.807, 2.05) is 54.6 Å². The fraction of sp³-hybridized carbons (Fsp3) is 0.267. The maximum atomic E-state index is 13.7. The quantitative estimate of drug-likeness (QED) is 0.391. The van der Waals surface area contributed by atoms with Gasteiger partial charge >= 0.3 is 0 Å². The Morgan fingerprint density at radius 1 is 1.06 bits per heavy atom. The number of rotatable bonds is 5. The lowest BCUT2D eigenvalue weighted by molar-refractivity contribution is -0.114. The lowest BCUT2D eigenvalue weighted by atomic mass is 9.86. The highest BCUT2D eigenvalue weighted by atomic mass is 32.2. The van der Waals surface area contributed by atoms with Crippen molar-refractivity contribution in [3.05, 3.63) is 100 Å². The number of anilines is 1. The molecular formula is C30H29FN2O2S. The number of fused-ring (bicyclic) bond motifs is 1. The highest BCUT2D eigenvalue weighted by molar-refractivity contribution is 8.04. The van der Waals surface area contributed by atoms with E-state index in [4.69, 9.17) is 0 Å². The Kier molecular flexibility index (Phi) is 7.23. The molecule has 2 aliphatic rings. The molecule has 36 heavy (non-hydrogen) atoms. The second kappa shape index (κ2) is 10.7. The summed E-state index contributed by atoms with van der Waals surface area (Å²) in [6.07, 6.45) is 6.35. The van der Waals surface area contributed by atoms with Crippen LogP contribution >= 0.6 is 11.8 Å². The molecule has 4 nitrogen and oxygen atoms in total. The number of amides is 2. The van der Waals surface area contributed by atoms with Gasteiger partial charge in [-0.3, -0.25) is 9.59 Å². The number of nitrogens with zero attached hydrogens (tertiary/aromatic N) is 1. The zero-order valence-electron chi connectivity index (χ0n) is 20.2. The van der Waals surface area contributed by atoms with Crippen LogP contribution in [0.4, 0.5) is 10.1 Å². The molecule has 6 heteroatoms. The molecule has 0 spiro atoms. The van der Waals surface area contributed by atoms with Crippen LogP contribution in [-0.2, 0) is 11.3 Å². The lowest BCUT2D eigenvalue weighted by Crippen LogP contribution is -2.41. The zero-order valence-corrected chi connectivity index (χ0v) is 21.1. The fourth-order valence-electron chi connectivity index (χ4n) is 4.86. The first kappa shape index (κ1) is 24.3. The first-order valence-electron chi connectivity index (χ1n) is 12.4. The average molecular weight is 501 g/mol. The van der Waals surface area contributed by atoms with Crippen LogP contribution in [0.3, 0.4) is 0 Å². The molecule has 184 valence electrons. The van der Waals surface area contributed by atoms with E-state index < -0.39 is 0 Å². The molecule has 1 fully saturated rings. The largest absolute Gasteiger partial charge is 0.349 e. The van der Waals surface area contributed by atoms with E-state index in [2.05, 4.69) is 12.2 Å². The molecule has 1 saturated carbocycles. The van der Waals surface area contributed by atoms with Crippen LogP contribution in [0, 0.1) is 11.7 Å². The van der Waals surface area contributed by atoms with Gasteiger partial charge in [-0.15, -0.1) is 0 Å². The van der Waals surface area contributed by atoms with Gasteiger partial charge in [-0.25, -0.2) is 4.39 Å². The molecule has 0 radical (unpaired) electrons. The maximum absolute atomic E-state index is 13.7. The summed E-state index contributed by atoms with van der Waals surface area (Å²) in [5, 5.41) is 3.21. The molecule has 3 aromatic carbocycles.